The smallest absolute Gasteiger partial charge is 0.162 e. The van der Waals surface area contributed by atoms with Gasteiger partial charge in [-0.15, -0.1) is 0 Å². The van der Waals surface area contributed by atoms with Crippen molar-refractivity contribution in [2.75, 3.05) is 19.0 Å². The van der Waals surface area contributed by atoms with E-state index in [9.17, 15) is 0 Å². The molecule has 4 heteroatoms. The van der Waals surface area contributed by atoms with Crippen LogP contribution in [-0.2, 0) is 0 Å². The second kappa shape index (κ2) is 6.31. The number of nitrogens with zero attached hydrogens (tertiary/aromatic N) is 1. The van der Waals surface area contributed by atoms with Crippen molar-refractivity contribution < 1.29 is 9.47 Å². The first kappa shape index (κ1) is 11.9. The Bertz CT molecular complexity index is 360. The third-order valence-electron chi connectivity index (χ3n) is 1.83. The van der Waals surface area contributed by atoms with Gasteiger partial charge in [-0.2, -0.15) is 5.26 Å². The number of alkyl halides is 1. The number of hydrogen-bond donors (Lipinski definition) is 0. The Morgan fingerprint density at radius 2 is 2.20 bits per heavy atom. The van der Waals surface area contributed by atoms with Crippen LogP contribution >= 0.6 is 15.9 Å². The highest BCUT2D eigenvalue weighted by Crippen LogP contribution is 2.27. The molecule has 0 aliphatic rings. The second-order valence-electron chi connectivity index (χ2n) is 2.87. The van der Waals surface area contributed by atoms with Gasteiger partial charge in [0.25, 0.3) is 0 Å². The van der Waals surface area contributed by atoms with Crippen LogP contribution in [0.5, 0.6) is 11.5 Å². The molecular formula is C11H12BrNO2. The van der Waals surface area contributed by atoms with Crippen LogP contribution in [-0.4, -0.2) is 19.0 Å². The van der Waals surface area contributed by atoms with E-state index in [0.717, 1.165) is 11.8 Å². The molecule has 0 saturated heterocycles. The minimum Gasteiger partial charge on any atom is -0.493 e. The van der Waals surface area contributed by atoms with E-state index in [1.807, 2.05) is 0 Å². The molecule has 15 heavy (non-hydrogen) atoms. The van der Waals surface area contributed by atoms with Gasteiger partial charge < -0.3 is 9.47 Å². The summed E-state index contributed by atoms with van der Waals surface area (Å²) in [6.45, 7) is 0.632. The molecule has 0 fully saturated rings. The molecule has 0 bridgehead atoms. The Morgan fingerprint density at radius 3 is 2.80 bits per heavy atom. The predicted octanol–water partition coefficient (Wildman–Crippen LogP) is 2.73. The maximum absolute atomic E-state index is 8.71. The lowest BCUT2D eigenvalue weighted by molar-refractivity contribution is 0.295. The van der Waals surface area contributed by atoms with E-state index < -0.39 is 0 Å². The van der Waals surface area contributed by atoms with Crippen LogP contribution in [0.2, 0.25) is 0 Å². The first-order chi connectivity index (χ1) is 7.31. The van der Waals surface area contributed by atoms with Crippen molar-refractivity contribution >= 4 is 15.9 Å². The fraction of sp³-hybridized carbons (Fsp3) is 0.364. The number of benzene rings is 1. The zero-order valence-corrected chi connectivity index (χ0v) is 10.1. The molecule has 0 N–H and O–H groups in total. The first-order valence-corrected chi connectivity index (χ1v) is 5.71. The van der Waals surface area contributed by atoms with Gasteiger partial charge in [0, 0.05) is 11.4 Å². The molecule has 1 rings (SSSR count). The molecule has 1 aromatic carbocycles. The first-order valence-electron chi connectivity index (χ1n) is 4.58. The SMILES string of the molecule is COc1cc(C#N)ccc1OCCCBr. The van der Waals surface area contributed by atoms with Crippen LogP contribution in [0.1, 0.15) is 12.0 Å². The largest absolute Gasteiger partial charge is 0.493 e. The number of nitriles is 1. The van der Waals surface area contributed by atoms with Gasteiger partial charge in [-0.05, 0) is 18.6 Å². The van der Waals surface area contributed by atoms with Gasteiger partial charge in [0.2, 0.25) is 0 Å². The lowest BCUT2D eigenvalue weighted by Crippen LogP contribution is -1.99. The maximum atomic E-state index is 8.71. The number of ether oxygens (including phenoxy) is 2. The van der Waals surface area contributed by atoms with Crippen molar-refractivity contribution in [3.63, 3.8) is 0 Å². The van der Waals surface area contributed by atoms with Gasteiger partial charge in [-0.1, -0.05) is 15.9 Å². The highest BCUT2D eigenvalue weighted by atomic mass is 79.9. The molecule has 0 atom stereocenters. The topological polar surface area (TPSA) is 42.2 Å². The van der Waals surface area contributed by atoms with Crippen molar-refractivity contribution in [2.45, 2.75) is 6.42 Å². The highest BCUT2D eigenvalue weighted by molar-refractivity contribution is 9.09. The minimum atomic E-state index is 0.569. The molecule has 0 aromatic heterocycles. The summed E-state index contributed by atoms with van der Waals surface area (Å²) in [5.41, 5.74) is 0.569. The summed E-state index contributed by atoms with van der Waals surface area (Å²) in [6.07, 6.45) is 0.934. The molecule has 0 radical (unpaired) electrons. The lowest BCUT2D eigenvalue weighted by Gasteiger charge is -2.09. The number of hydrogen-bond acceptors (Lipinski definition) is 3. The molecule has 0 spiro atoms. The molecule has 3 nitrogen and oxygen atoms in total. The second-order valence-corrected chi connectivity index (χ2v) is 3.66. The van der Waals surface area contributed by atoms with Crippen LogP contribution in [0.4, 0.5) is 0 Å². The molecule has 1 aromatic rings. The molecule has 0 heterocycles. The third-order valence-corrected chi connectivity index (χ3v) is 2.39. The summed E-state index contributed by atoms with van der Waals surface area (Å²) in [6, 6.07) is 7.19. The summed E-state index contributed by atoms with van der Waals surface area (Å²) in [7, 11) is 1.56. The maximum Gasteiger partial charge on any atom is 0.162 e. The zero-order valence-electron chi connectivity index (χ0n) is 8.50. The number of methoxy groups -OCH3 is 1. The van der Waals surface area contributed by atoms with Gasteiger partial charge >= 0.3 is 0 Å². The summed E-state index contributed by atoms with van der Waals surface area (Å²) in [4.78, 5) is 0. The molecule has 80 valence electrons. The molecule has 0 amide bonds. The van der Waals surface area contributed by atoms with Gasteiger partial charge in [-0.25, -0.2) is 0 Å². The fourth-order valence-electron chi connectivity index (χ4n) is 1.09. The Kier molecular flexibility index (Phi) is 4.99. The highest BCUT2D eigenvalue weighted by Gasteiger charge is 2.04. The van der Waals surface area contributed by atoms with Crippen molar-refractivity contribution in [3.8, 4) is 17.6 Å². The molecule has 0 unspecified atom stereocenters. The third kappa shape index (κ3) is 3.45. The van der Waals surface area contributed by atoms with E-state index in [1.165, 1.54) is 0 Å². The average molecular weight is 270 g/mol. The van der Waals surface area contributed by atoms with Crippen LogP contribution in [0, 0.1) is 11.3 Å². The normalized spacial score (nSPS) is 9.40. The Balaban J connectivity index is 2.75. The van der Waals surface area contributed by atoms with Crippen LogP contribution in [0.25, 0.3) is 0 Å². The zero-order chi connectivity index (χ0) is 11.1. The van der Waals surface area contributed by atoms with E-state index in [4.69, 9.17) is 14.7 Å². The summed E-state index contributed by atoms with van der Waals surface area (Å²) < 4.78 is 10.6. The van der Waals surface area contributed by atoms with E-state index >= 15 is 0 Å². The van der Waals surface area contributed by atoms with Crippen LogP contribution in [0.15, 0.2) is 18.2 Å². The van der Waals surface area contributed by atoms with Gasteiger partial charge in [0.05, 0.1) is 25.3 Å². The van der Waals surface area contributed by atoms with Crippen molar-refractivity contribution in [2.24, 2.45) is 0 Å². The summed E-state index contributed by atoms with van der Waals surface area (Å²) in [5, 5.41) is 9.62. The van der Waals surface area contributed by atoms with Crippen LogP contribution < -0.4 is 9.47 Å². The Hall–Kier alpha value is -1.21. The Labute approximate surface area is 97.7 Å². The van der Waals surface area contributed by atoms with Gasteiger partial charge in [0.15, 0.2) is 11.5 Å². The standard InChI is InChI=1S/C11H12BrNO2/c1-14-11-7-9(8-13)3-4-10(11)15-6-2-5-12/h3-4,7H,2,5-6H2,1H3. The lowest BCUT2D eigenvalue weighted by atomic mass is 10.2. The predicted molar refractivity (Wildman–Crippen MR) is 61.6 cm³/mol. The molecule has 0 aliphatic heterocycles. The number of halogens is 1. The van der Waals surface area contributed by atoms with Gasteiger partial charge in [-0.3, -0.25) is 0 Å². The van der Waals surface area contributed by atoms with E-state index in [0.29, 0.717) is 23.7 Å². The summed E-state index contributed by atoms with van der Waals surface area (Å²) in [5.74, 6) is 1.28. The van der Waals surface area contributed by atoms with Crippen molar-refractivity contribution in [1.29, 1.82) is 5.26 Å². The van der Waals surface area contributed by atoms with E-state index in [2.05, 4.69) is 22.0 Å². The van der Waals surface area contributed by atoms with Crippen LogP contribution in [0.3, 0.4) is 0 Å². The molecule has 0 saturated carbocycles. The van der Waals surface area contributed by atoms with E-state index in [1.54, 1.807) is 25.3 Å². The molecule has 0 aliphatic carbocycles. The fourth-order valence-corrected chi connectivity index (χ4v) is 1.32. The number of rotatable bonds is 5. The Morgan fingerprint density at radius 1 is 1.40 bits per heavy atom. The molecular weight excluding hydrogens is 258 g/mol. The monoisotopic (exact) mass is 269 g/mol. The van der Waals surface area contributed by atoms with Crippen molar-refractivity contribution in [3.05, 3.63) is 23.8 Å². The average Bonchev–Trinajstić information content (AvgIpc) is 2.29. The summed E-state index contributed by atoms with van der Waals surface area (Å²) >= 11 is 3.33. The van der Waals surface area contributed by atoms with Gasteiger partial charge in [0.1, 0.15) is 0 Å². The quantitative estimate of drug-likeness (QED) is 0.610. The van der Waals surface area contributed by atoms with E-state index in [-0.39, 0.29) is 0 Å². The van der Waals surface area contributed by atoms with Crippen molar-refractivity contribution in [1.82, 2.24) is 0 Å². The minimum absolute atomic E-state index is 0.569.